The molecular weight excluding hydrogens is 446 g/mol. The number of anilines is 2. The number of piperidine rings is 1. The van der Waals surface area contributed by atoms with Crippen molar-refractivity contribution >= 4 is 39.7 Å². The van der Waals surface area contributed by atoms with Crippen molar-refractivity contribution in [2.24, 2.45) is 0 Å². The second kappa shape index (κ2) is 10.1. The first-order chi connectivity index (χ1) is 15.5. The standard InChI is InChI=1S/C20H23N9OS2/c1-12-8-17(25-18(23-12)14-4-3-6-29(10-14)7-5-21)26-20-24-15(11-31-20)19(30)22-9-16-13(2)27-28-32-16/h8,11,14H,3-4,6-7,9-10H2,1-2H3,(H,22,30)(H,23,24,25,26). The van der Waals surface area contributed by atoms with Gasteiger partial charge in [0.05, 0.1) is 29.7 Å². The predicted molar refractivity (Wildman–Crippen MR) is 122 cm³/mol. The van der Waals surface area contributed by atoms with Gasteiger partial charge in [0.25, 0.3) is 5.91 Å². The van der Waals surface area contributed by atoms with Gasteiger partial charge in [0, 0.05) is 29.6 Å². The highest BCUT2D eigenvalue weighted by molar-refractivity contribution is 7.14. The van der Waals surface area contributed by atoms with E-state index < -0.39 is 0 Å². The summed E-state index contributed by atoms with van der Waals surface area (Å²) in [7, 11) is 0. The average molecular weight is 470 g/mol. The Kier molecular flexibility index (Phi) is 6.99. The maximum absolute atomic E-state index is 12.4. The van der Waals surface area contributed by atoms with Gasteiger partial charge in [-0.05, 0) is 44.8 Å². The Morgan fingerprint density at radius 3 is 3.00 bits per heavy atom. The summed E-state index contributed by atoms with van der Waals surface area (Å²) in [6.45, 7) is 6.32. The molecule has 4 heterocycles. The molecule has 0 aromatic carbocycles. The normalized spacial score (nSPS) is 16.5. The van der Waals surface area contributed by atoms with Crippen LogP contribution < -0.4 is 10.6 Å². The largest absolute Gasteiger partial charge is 0.346 e. The van der Waals surface area contributed by atoms with Crippen molar-refractivity contribution in [3.63, 3.8) is 0 Å². The Balaban J connectivity index is 1.41. The van der Waals surface area contributed by atoms with Crippen LogP contribution in [-0.2, 0) is 6.54 Å². The van der Waals surface area contributed by atoms with Crippen LogP contribution >= 0.6 is 22.9 Å². The number of nitrogens with one attached hydrogen (secondary N) is 2. The number of amides is 1. The molecule has 166 valence electrons. The molecule has 10 nitrogen and oxygen atoms in total. The van der Waals surface area contributed by atoms with Crippen molar-refractivity contribution in [1.29, 1.82) is 5.26 Å². The van der Waals surface area contributed by atoms with Crippen LogP contribution in [0.5, 0.6) is 0 Å². The van der Waals surface area contributed by atoms with Crippen LogP contribution in [0.4, 0.5) is 10.9 Å². The number of thiazole rings is 1. The average Bonchev–Trinajstić information content (AvgIpc) is 3.41. The van der Waals surface area contributed by atoms with Gasteiger partial charge in [-0.15, -0.1) is 16.4 Å². The summed E-state index contributed by atoms with van der Waals surface area (Å²) in [5.74, 6) is 1.37. The Labute approximate surface area is 193 Å². The first kappa shape index (κ1) is 22.2. The number of hydrogen-bond acceptors (Lipinski definition) is 11. The van der Waals surface area contributed by atoms with E-state index in [-0.39, 0.29) is 11.8 Å². The number of nitrogens with zero attached hydrogens (tertiary/aromatic N) is 7. The summed E-state index contributed by atoms with van der Waals surface area (Å²) < 4.78 is 3.87. The lowest BCUT2D eigenvalue weighted by Gasteiger charge is -2.30. The van der Waals surface area contributed by atoms with E-state index in [9.17, 15) is 4.79 Å². The third-order valence-electron chi connectivity index (χ3n) is 5.16. The molecule has 0 spiro atoms. The van der Waals surface area contributed by atoms with Crippen molar-refractivity contribution in [1.82, 2.24) is 34.8 Å². The predicted octanol–water partition coefficient (Wildman–Crippen LogP) is 2.78. The minimum Gasteiger partial charge on any atom is -0.346 e. The van der Waals surface area contributed by atoms with E-state index in [4.69, 9.17) is 10.2 Å². The molecule has 3 aromatic heterocycles. The van der Waals surface area contributed by atoms with E-state index >= 15 is 0 Å². The molecule has 12 heteroatoms. The van der Waals surface area contributed by atoms with Crippen LogP contribution in [-0.4, -0.2) is 55.0 Å². The molecule has 0 saturated carbocycles. The van der Waals surface area contributed by atoms with Gasteiger partial charge in [-0.3, -0.25) is 9.69 Å². The molecule has 1 aliphatic heterocycles. The quantitative estimate of drug-likeness (QED) is 0.501. The number of aryl methyl sites for hydroxylation is 2. The third-order valence-corrected chi connectivity index (χ3v) is 6.74. The Hall–Kier alpha value is -3.01. The molecule has 0 radical (unpaired) electrons. The van der Waals surface area contributed by atoms with Gasteiger partial charge < -0.3 is 10.6 Å². The number of likely N-dealkylation sites (tertiary alicyclic amines) is 1. The van der Waals surface area contributed by atoms with Gasteiger partial charge in [-0.2, -0.15) is 5.26 Å². The second-order valence-electron chi connectivity index (χ2n) is 7.61. The second-order valence-corrected chi connectivity index (χ2v) is 9.31. The summed E-state index contributed by atoms with van der Waals surface area (Å²) in [5, 5.41) is 21.3. The molecule has 32 heavy (non-hydrogen) atoms. The molecule has 1 saturated heterocycles. The maximum atomic E-state index is 12.4. The molecule has 2 N–H and O–H groups in total. The number of hydrogen-bond donors (Lipinski definition) is 2. The number of rotatable bonds is 7. The van der Waals surface area contributed by atoms with E-state index in [1.807, 2.05) is 19.9 Å². The lowest BCUT2D eigenvalue weighted by molar-refractivity contribution is 0.0947. The number of nitriles is 1. The maximum Gasteiger partial charge on any atom is 0.271 e. The Bertz CT molecular complexity index is 1140. The van der Waals surface area contributed by atoms with Gasteiger partial charge in [0.15, 0.2) is 5.13 Å². The lowest BCUT2D eigenvalue weighted by atomic mass is 9.97. The fourth-order valence-corrected chi connectivity index (χ4v) is 4.83. The van der Waals surface area contributed by atoms with Crippen LogP contribution in [0.15, 0.2) is 11.4 Å². The van der Waals surface area contributed by atoms with E-state index in [1.54, 1.807) is 5.38 Å². The fourth-order valence-electron chi connectivity index (χ4n) is 3.56. The molecule has 1 atom stereocenters. The zero-order valence-electron chi connectivity index (χ0n) is 17.8. The minimum atomic E-state index is -0.249. The van der Waals surface area contributed by atoms with Crippen LogP contribution in [0.3, 0.4) is 0 Å². The van der Waals surface area contributed by atoms with Crippen molar-refractivity contribution in [2.45, 2.75) is 39.2 Å². The van der Waals surface area contributed by atoms with Gasteiger partial charge in [0.1, 0.15) is 17.3 Å². The van der Waals surface area contributed by atoms with Crippen LogP contribution in [0.2, 0.25) is 0 Å². The summed E-state index contributed by atoms with van der Waals surface area (Å²) in [5.41, 5.74) is 2.02. The van der Waals surface area contributed by atoms with Gasteiger partial charge >= 0.3 is 0 Å². The van der Waals surface area contributed by atoms with Crippen LogP contribution in [0.25, 0.3) is 0 Å². The Morgan fingerprint density at radius 2 is 2.22 bits per heavy atom. The molecule has 1 fully saturated rings. The summed E-state index contributed by atoms with van der Waals surface area (Å²) >= 11 is 2.62. The van der Waals surface area contributed by atoms with E-state index in [2.05, 4.69) is 41.2 Å². The van der Waals surface area contributed by atoms with Crippen molar-refractivity contribution < 1.29 is 4.79 Å². The number of aromatic nitrogens is 5. The first-order valence-electron chi connectivity index (χ1n) is 10.3. The molecule has 4 rings (SSSR count). The zero-order valence-corrected chi connectivity index (χ0v) is 19.5. The van der Waals surface area contributed by atoms with Gasteiger partial charge in [0.2, 0.25) is 0 Å². The van der Waals surface area contributed by atoms with Crippen LogP contribution in [0.1, 0.15) is 51.3 Å². The highest BCUT2D eigenvalue weighted by Crippen LogP contribution is 2.27. The molecule has 1 unspecified atom stereocenters. The van der Waals surface area contributed by atoms with Crippen molar-refractivity contribution in [3.05, 3.63) is 39.2 Å². The third kappa shape index (κ3) is 5.42. The van der Waals surface area contributed by atoms with Gasteiger partial charge in [-0.25, -0.2) is 15.0 Å². The highest BCUT2D eigenvalue weighted by atomic mass is 32.1. The smallest absolute Gasteiger partial charge is 0.271 e. The lowest BCUT2D eigenvalue weighted by Crippen LogP contribution is -2.35. The SMILES string of the molecule is Cc1cc(Nc2nc(C(=O)NCc3snnc3C)cs2)nc(C2CCCN(CC#N)C2)n1. The van der Waals surface area contributed by atoms with Crippen molar-refractivity contribution in [2.75, 3.05) is 25.0 Å². The molecule has 0 aliphatic carbocycles. The summed E-state index contributed by atoms with van der Waals surface area (Å²) in [6, 6.07) is 4.08. The molecule has 3 aromatic rings. The Morgan fingerprint density at radius 1 is 1.34 bits per heavy atom. The topological polar surface area (TPSA) is 133 Å². The van der Waals surface area contributed by atoms with Gasteiger partial charge in [-0.1, -0.05) is 4.49 Å². The molecular formula is C20H23N9OS2. The van der Waals surface area contributed by atoms with Crippen LogP contribution in [0, 0.1) is 25.2 Å². The first-order valence-corrected chi connectivity index (χ1v) is 11.9. The van der Waals surface area contributed by atoms with E-state index in [1.165, 1.54) is 22.9 Å². The number of carbonyl (C=O) groups excluding carboxylic acids is 1. The highest BCUT2D eigenvalue weighted by Gasteiger charge is 2.24. The van der Waals surface area contributed by atoms with E-state index in [0.29, 0.717) is 29.7 Å². The summed E-state index contributed by atoms with van der Waals surface area (Å²) in [4.78, 5) is 29.2. The monoisotopic (exact) mass is 469 g/mol. The number of carbonyl (C=O) groups is 1. The fraction of sp³-hybridized carbons (Fsp3) is 0.450. The zero-order chi connectivity index (χ0) is 22.5. The summed E-state index contributed by atoms with van der Waals surface area (Å²) in [6.07, 6.45) is 2.02. The molecule has 0 bridgehead atoms. The van der Waals surface area contributed by atoms with Crippen molar-refractivity contribution in [3.8, 4) is 6.07 Å². The van der Waals surface area contributed by atoms with E-state index in [0.717, 1.165) is 48.0 Å². The minimum absolute atomic E-state index is 0.194. The molecule has 1 aliphatic rings. The molecule has 1 amide bonds.